The number of rotatable bonds is 4. The van der Waals surface area contributed by atoms with Crippen molar-refractivity contribution in [2.75, 3.05) is 5.75 Å². The van der Waals surface area contributed by atoms with Crippen molar-refractivity contribution in [3.8, 4) is 0 Å². The quantitative estimate of drug-likeness (QED) is 0.603. The lowest BCUT2D eigenvalue weighted by molar-refractivity contribution is 0.252. The van der Waals surface area contributed by atoms with Crippen LogP contribution in [0.3, 0.4) is 0 Å². The maximum atomic E-state index is 12.3. The molecule has 0 unspecified atom stereocenters. The van der Waals surface area contributed by atoms with E-state index in [1.165, 1.54) is 0 Å². The minimum absolute atomic E-state index is 0.521. The van der Waals surface area contributed by atoms with Crippen molar-refractivity contribution < 1.29 is 8.78 Å². The Kier molecular flexibility index (Phi) is 4.94. The predicted octanol–water partition coefficient (Wildman–Crippen LogP) is 5.21. The summed E-state index contributed by atoms with van der Waals surface area (Å²) >= 11 is 2.08. The molecule has 2 heterocycles. The molecule has 0 atom stereocenters. The highest BCUT2D eigenvalue weighted by Gasteiger charge is 2.16. The van der Waals surface area contributed by atoms with Gasteiger partial charge in [-0.3, -0.25) is 5.43 Å². The zero-order chi connectivity index (χ0) is 17.9. The summed E-state index contributed by atoms with van der Waals surface area (Å²) in [6.45, 7) is 0. The highest BCUT2D eigenvalue weighted by molar-refractivity contribution is 8.14. The van der Waals surface area contributed by atoms with E-state index in [1.807, 2.05) is 24.4 Å². The third-order valence-electron chi connectivity index (χ3n) is 3.82. The summed E-state index contributed by atoms with van der Waals surface area (Å²) in [7, 11) is 0. The van der Waals surface area contributed by atoms with Gasteiger partial charge in [-0.15, -0.1) is 0 Å². The molecular weight excluding hydrogens is 374 g/mol. The van der Waals surface area contributed by atoms with Crippen LogP contribution >= 0.6 is 23.5 Å². The minimum Gasteiger partial charge on any atom is -0.360 e. The van der Waals surface area contributed by atoms with Crippen molar-refractivity contribution in [2.45, 2.75) is 10.7 Å². The molecule has 1 aromatic heterocycles. The van der Waals surface area contributed by atoms with E-state index in [0.717, 1.165) is 22.2 Å². The number of hydrogen-bond donors (Lipinski definition) is 2. The monoisotopic (exact) mass is 388 g/mol. The molecule has 4 rings (SSSR count). The van der Waals surface area contributed by atoms with E-state index in [9.17, 15) is 8.78 Å². The predicted molar refractivity (Wildman–Crippen MR) is 106 cm³/mol. The van der Waals surface area contributed by atoms with Gasteiger partial charge in [-0.25, -0.2) is 4.99 Å². The summed E-state index contributed by atoms with van der Waals surface area (Å²) < 4.78 is 24.7. The second kappa shape index (κ2) is 7.51. The van der Waals surface area contributed by atoms with Crippen molar-refractivity contribution >= 4 is 51.0 Å². The first-order valence-electron chi connectivity index (χ1n) is 7.84. The normalized spacial score (nSPS) is 16.1. The van der Waals surface area contributed by atoms with Crippen molar-refractivity contribution in [1.82, 2.24) is 10.4 Å². The largest absolute Gasteiger partial charge is 0.360 e. The highest BCUT2D eigenvalue weighted by Crippen LogP contribution is 2.28. The topological polar surface area (TPSA) is 52.5 Å². The zero-order valence-electron chi connectivity index (χ0n) is 13.4. The number of halogens is 2. The molecule has 3 aromatic rings. The highest BCUT2D eigenvalue weighted by atomic mass is 32.2. The number of amidine groups is 1. The van der Waals surface area contributed by atoms with Gasteiger partial charge in [-0.2, -0.15) is 13.9 Å². The van der Waals surface area contributed by atoms with Gasteiger partial charge in [0.1, 0.15) is 0 Å². The third-order valence-corrected chi connectivity index (χ3v) is 5.42. The van der Waals surface area contributed by atoms with Gasteiger partial charge in [-0.1, -0.05) is 41.7 Å². The van der Waals surface area contributed by atoms with Gasteiger partial charge in [0.2, 0.25) is 0 Å². The number of thioether (sulfide) groups is 2. The molecule has 0 aliphatic carbocycles. The lowest BCUT2D eigenvalue weighted by Gasteiger charge is -2.14. The number of benzene rings is 2. The van der Waals surface area contributed by atoms with E-state index in [0.29, 0.717) is 33.3 Å². The van der Waals surface area contributed by atoms with Crippen molar-refractivity contribution in [3.63, 3.8) is 0 Å². The number of nitrogens with one attached hydrogen (secondary N) is 2. The van der Waals surface area contributed by atoms with Crippen LogP contribution in [0.15, 0.2) is 69.7 Å². The van der Waals surface area contributed by atoms with Gasteiger partial charge in [0, 0.05) is 33.3 Å². The number of fused-ring (bicyclic) bond motifs is 1. The Bertz CT molecular complexity index is 980. The minimum atomic E-state index is -2.42. The molecule has 8 heteroatoms. The lowest BCUT2D eigenvalue weighted by atomic mass is 10.1. The van der Waals surface area contributed by atoms with Crippen molar-refractivity contribution in [3.05, 3.63) is 60.3 Å². The van der Waals surface area contributed by atoms with Crippen LogP contribution in [0.4, 0.5) is 14.5 Å². The first kappa shape index (κ1) is 17.1. The SMILES string of the molecule is FC(F)Sc1ccc(N=C2NN=C(c3c[nH]c4ccccc34)CS2)cc1. The molecule has 0 radical (unpaired) electrons. The van der Waals surface area contributed by atoms with Crippen molar-refractivity contribution in [1.29, 1.82) is 0 Å². The molecule has 1 aliphatic rings. The number of para-hydroxylation sites is 1. The Labute approximate surface area is 157 Å². The number of hydrazone groups is 1. The maximum Gasteiger partial charge on any atom is 0.288 e. The maximum absolute atomic E-state index is 12.3. The van der Waals surface area contributed by atoms with Gasteiger partial charge >= 0.3 is 0 Å². The summed E-state index contributed by atoms with van der Waals surface area (Å²) in [6.07, 6.45) is 1.97. The first-order chi connectivity index (χ1) is 12.7. The van der Waals surface area contributed by atoms with Crippen LogP contribution in [-0.4, -0.2) is 27.4 Å². The van der Waals surface area contributed by atoms with Gasteiger partial charge in [-0.05, 0) is 30.3 Å². The Morgan fingerprint density at radius 2 is 1.92 bits per heavy atom. The average Bonchev–Trinajstić information content (AvgIpc) is 3.08. The Balaban J connectivity index is 1.49. The molecule has 0 bridgehead atoms. The lowest BCUT2D eigenvalue weighted by Crippen LogP contribution is -2.25. The second-order valence-corrected chi connectivity index (χ2v) is 7.52. The molecular formula is C18H14F2N4S2. The number of aromatic nitrogens is 1. The fraction of sp³-hybridized carbons (Fsp3) is 0.111. The third kappa shape index (κ3) is 3.76. The molecule has 132 valence electrons. The van der Waals surface area contributed by atoms with Crippen LogP contribution in [0.5, 0.6) is 0 Å². The standard InChI is InChI=1S/C18H14F2N4S2/c19-17(20)26-12-7-5-11(6-8-12)22-18-24-23-16(10-25-18)14-9-21-15-4-2-1-3-13(14)15/h1-9,17,21H,10H2,(H,22,24). The number of alkyl halides is 2. The molecule has 0 spiro atoms. The van der Waals surface area contributed by atoms with Crippen LogP contribution in [0, 0.1) is 0 Å². The number of hydrogen-bond acceptors (Lipinski definition) is 4. The molecule has 2 aromatic carbocycles. The molecule has 0 saturated heterocycles. The Morgan fingerprint density at radius 3 is 2.65 bits per heavy atom. The van der Waals surface area contributed by atoms with E-state index in [2.05, 4.69) is 26.6 Å². The van der Waals surface area contributed by atoms with Crippen LogP contribution in [0.2, 0.25) is 0 Å². The number of aromatic amines is 1. The number of aliphatic imine (C=N–C) groups is 1. The second-order valence-electron chi connectivity index (χ2n) is 5.50. The van der Waals surface area contributed by atoms with Crippen LogP contribution in [0.25, 0.3) is 10.9 Å². The molecule has 1 aliphatic heterocycles. The van der Waals surface area contributed by atoms with Crippen LogP contribution in [-0.2, 0) is 0 Å². The summed E-state index contributed by atoms with van der Waals surface area (Å²) in [6, 6.07) is 14.8. The summed E-state index contributed by atoms with van der Waals surface area (Å²) in [4.78, 5) is 8.25. The molecule has 0 fully saturated rings. The van der Waals surface area contributed by atoms with Gasteiger partial charge in [0.25, 0.3) is 5.76 Å². The van der Waals surface area contributed by atoms with Gasteiger partial charge in [0.15, 0.2) is 5.17 Å². The molecule has 26 heavy (non-hydrogen) atoms. The van der Waals surface area contributed by atoms with Crippen LogP contribution in [0.1, 0.15) is 5.56 Å². The summed E-state index contributed by atoms with van der Waals surface area (Å²) in [5.41, 5.74) is 6.79. The van der Waals surface area contributed by atoms with Gasteiger partial charge in [0.05, 0.1) is 11.4 Å². The Hall–Kier alpha value is -2.32. The van der Waals surface area contributed by atoms with E-state index in [-0.39, 0.29) is 0 Å². The summed E-state index contributed by atoms with van der Waals surface area (Å²) in [5, 5.41) is 6.27. The Morgan fingerprint density at radius 1 is 1.12 bits per heavy atom. The van der Waals surface area contributed by atoms with E-state index in [4.69, 9.17) is 0 Å². The molecule has 0 saturated carbocycles. The average molecular weight is 388 g/mol. The first-order valence-corrected chi connectivity index (χ1v) is 9.71. The van der Waals surface area contributed by atoms with Crippen LogP contribution < -0.4 is 5.43 Å². The van der Waals surface area contributed by atoms with E-state index in [1.54, 1.807) is 36.0 Å². The van der Waals surface area contributed by atoms with Gasteiger partial charge < -0.3 is 4.98 Å². The molecule has 2 N–H and O–H groups in total. The number of nitrogens with zero attached hydrogens (tertiary/aromatic N) is 2. The number of H-pyrrole nitrogens is 1. The smallest absolute Gasteiger partial charge is 0.288 e. The molecule has 0 amide bonds. The molecule has 4 nitrogen and oxygen atoms in total. The summed E-state index contributed by atoms with van der Waals surface area (Å²) in [5.74, 6) is -1.72. The van der Waals surface area contributed by atoms with E-state index < -0.39 is 5.76 Å². The fourth-order valence-corrected chi connectivity index (χ4v) is 3.91. The fourth-order valence-electron chi connectivity index (χ4n) is 2.64. The zero-order valence-corrected chi connectivity index (χ0v) is 15.1. The van der Waals surface area contributed by atoms with E-state index >= 15 is 0 Å². The van der Waals surface area contributed by atoms with Crippen molar-refractivity contribution in [2.24, 2.45) is 10.1 Å².